The molecule has 2 heterocycles. The van der Waals surface area contributed by atoms with E-state index in [2.05, 4.69) is 14.9 Å². The summed E-state index contributed by atoms with van der Waals surface area (Å²) in [5, 5.41) is 0. The van der Waals surface area contributed by atoms with E-state index in [1.807, 2.05) is 0 Å². The lowest BCUT2D eigenvalue weighted by Gasteiger charge is -2.14. The molecule has 1 atom stereocenters. The Labute approximate surface area is 88.3 Å². The summed E-state index contributed by atoms with van der Waals surface area (Å²) in [6.07, 6.45) is 1.03. The Morgan fingerprint density at radius 3 is 3.13 bits per heavy atom. The number of nitrogens with two attached hydrogens (primary N) is 1. The van der Waals surface area contributed by atoms with Gasteiger partial charge in [-0.05, 0) is 13.3 Å². The third-order valence-corrected chi connectivity index (χ3v) is 2.61. The topological polar surface area (TPSA) is 75.0 Å². The Morgan fingerprint density at radius 2 is 2.53 bits per heavy atom. The first kappa shape index (κ1) is 10.3. The van der Waals surface area contributed by atoms with Crippen molar-refractivity contribution >= 4 is 0 Å². The number of H-pyrrole nitrogens is 1. The normalized spacial score (nSPS) is 22.1. The van der Waals surface area contributed by atoms with E-state index in [0.29, 0.717) is 5.82 Å². The van der Waals surface area contributed by atoms with E-state index >= 15 is 0 Å². The van der Waals surface area contributed by atoms with Crippen molar-refractivity contribution < 1.29 is 0 Å². The molecule has 1 aromatic heterocycles. The van der Waals surface area contributed by atoms with Crippen LogP contribution < -0.4 is 11.3 Å². The van der Waals surface area contributed by atoms with Crippen molar-refractivity contribution in [2.75, 3.05) is 13.1 Å². The van der Waals surface area contributed by atoms with Gasteiger partial charge in [0.1, 0.15) is 5.82 Å². The van der Waals surface area contributed by atoms with E-state index in [9.17, 15) is 4.79 Å². The maximum absolute atomic E-state index is 11.2. The molecule has 0 spiro atoms. The van der Waals surface area contributed by atoms with Gasteiger partial charge in [0.15, 0.2) is 0 Å². The fraction of sp³-hybridized carbons (Fsp3) is 0.600. The summed E-state index contributed by atoms with van der Waals surface area (Å²) in [7, 11) is 0. The van der Waals surface area contributed by atoms with E-state index in [1.54, 1.807) is 13.0 Å². The molecule has 0 aliphatic carbocycles. The van der Waals surface area contributed by atoms with Gasteiger partial charge in [-0.15, -0.1) is 0 Å². The number of aromatic amines is 1. The van der Waals surface area contributed by atoms with Crippen LogP contribution >= 0.6 is 0 Å². The van der Waals surface area contributed by atoms with Crippen LogP contribution in [0, 0.1) is 6.92 Å². The summed E-state index contributed by atoms with van der Waals surface area (Å²) in [6, 6.07) is 1.82. The lowest BCUT2D eigenvalue weighted by atomic mass is 10.3. The third-order valence-electron chi connectivity index (χ3n) is 2.61. The van der Waals surface area contributed by atoms with Crippen molar-refractivity contribution in [2.45, 2.75) is 25.9 Å². The van der Waals surface area contributed by atoms with Gasteiger partial charge in [-0.3, -0.25) is 9.69 Å². The molecule has 1 aromatic rings. The molecule has 15 heavy (non-hydrogen) atoms. The van der Waals surface area contributed by atoms with Gasteiger partial charge in [-0.1, -0.05) is 0 Å². The smallest absolute Gasteiger partial charge is 0.251 e. The number of nitrogens with zero attached hydrogens (tertiary/aromatic N) is 2. The summed E-state index contributed by atoms with van der Waals surface area (Å²) < 4.78 is 0. The highest BCUT2D eigenvalue weighted by molar-refractivity contribution is 5.02. The van der Waals surface area contributed by atoms with Crippen LogP contribution in [-0.2, 0) is 6.54 Å². The number of nitrogens with one attached hydrogen (secondary N) is 1. The van der Waals surface area contributed by atoms with E-state index < -0.39 is 0 Å². The molecule has 5 nitrogen and oxygen atoms in total. The molecule has 0 radical (unpaired) electrons. The summed E-state index contributed by atoms with van der Waals surface area (Å²) in [4.78, 5) is 20.4. The van der Waals surface area contributed by atoms with Crippen molar-refractivity contribution in [1.29, 1.82) is 0 Å². The summed E-state index contributed by atoms with van der Waals surface area (Å²) in [6.45, 7) is 4.40. The van der Waals surface area contributed by atoms with Crippen LogP contribution in [-0.4, -0.2) is 34.0 Å². The molecule has 0 saturated carbocycles. The molecular weight excluding hydrogens is 192 g/mol. The molecule has 1 saturated heterocycles. The average molecular weight is 208 g/mol. The minimum absolute atomic E-state index is 0.0824. The molecule has 1 unspecified atom stereocenters. The third kappa shape index (κ3) is 2.64. The number of hydrogen-bond donors (Lipinski definition) is 2. The Hall–Kier alpha value is -1.20. The standard InChI is InChI=1S/C10H16N4O/c1-7-12-9(4-10(15)13-7)6-14-3-2-8(11)5-14/h4,8H,2-3,5-6,11H2,1H3,(H,12,13,15). The van der Waals surface area contributed by atoms with Crippen LogP contribution in [0.15, 0.2) is 10.9 Å². The molecule has 3 N–H and O–H groups in total. The fourth-order valence-electron chi connectivity index (χ4n) is 1.96. The van der Waals surface area contributed by atoms with Crippen LogP contribution in [0.5, 0.6) is 0 Å². The van der Waals surface area contributed by atoms with E-state index in [4.69, 9.17) is 5.73 Å². The predicted molar refractivity (Wildman–Crippen MR) is 57.5 cm³/mol. The van der Waals surface area contributed by atoms with Crippen molar-refractivity contribution in [1.82, 2.24) is 14.9 Å². The van der Waals surface area contributed by atoms with Gasteiger partial charge >= 0.3 is 0 Å². The number of hydrogen-bond acceptors (Lipinski definition) is 4. The van der Waals surface area contributed by atoms with Gasteiger partial charge in [0.2, 0.25) is 0 Å². The van der Waals surface area contributed by atoms with Crippen LogP contribution in [0.3, 0.4) is 0 Å². The Kier molecular flexibility index (Phi) is 2.83. The zero-order chi connectivity index (χ0) is 10.8. The highest BCUT2D eigenvalue weighted by Crippen LogP contribution is 2.09. The minimum atomic E-state index is -0.0824. The first-order chi connectivity index (χ1) is 7.13. The fourth-order valence-corrected chi connectivity index (χ4v) is 1.96. The molecular formula is C10H16N4O. The number of aryl methyl sites for hydroxylation is 1. The Balaban J connectivity index is 2.07. The van der Waals surface area contributed by atoms with E-state index in [0.717, 1.165) is 31.7 Å². The molecule has 1 aliphatic rings. The van der Waals surface area contributed by atoms with Crippen LogP contribution in [0.4, 0.5) is 0 Å². The molecule has 0 amide bonds. The summed E-state index contributed by atoms with van der Waals surface area (Å²) in [5.74, 6) is 0.668. The average Bonchev–Trinajstić information content (AvgIpc) is 2.49. The second kappa shape index (κ2) is 4.12. The first-order valence-electron chi connectivity index (χ1n) is 5.18. The number of likely N-dealkylation sites (tertiary alicyclic amines) is 1. The Morgan fingerprint density at radius 1 is 1.73 bits per heavy atom. The van der Waals surface area contributed by atoms with Gasteiger partial charge in [-0.2, -0.15) is 0 Å². The second-order valence-corrected chi connectivity index (χ2v) is 4.11. The molecule has 0 aromatic carbocycles. The highest BCUT2D eigenvalue weighted by Gasteiger charge is 2.19. The molecule has 82 valence electrons. The zero-order valence-corrected chi connectivity index (χ0v) is 8.86. The summed E-state index contributed by atoms with van der Waals surface area (Å²) >= 11 is 0. The highest BCUT2D eigenvalue weighted by atomic mass is 16.1. The lowest BCUT2D eigenvalue weighted by molar-refractivity contribution is 0.322. The SMILES string of the molecule is Cc1nc(CN2CCC(N)C2)cc(=O)[nH]1. The van der Waals surface area contributed by atoms with Gasteiger partial charge in [-0.25, -0.2) is 4.98 Å². The maximum atomic E-state index is 11.2. The molecule has 1 fully saturated rings. The van der Waals surface area contributed by atoms with Gasteiger partial charge in [0.25, 0.3) is 5.56 Å². The maximum Gasteiger partial charge on any atom is 0.251 e. The van der Waals surface area contributed by atoms with Crippen LogP contribution in [0.25, 0.3) is 0 Å². The van der Waals surface area contributed by atoms with Gasteiger partial charge < -0.3 is 10.7 Å². The largest absolute Gasteiger partial charge is 0.326 e. The molecule has 1 aliphatic heterocycles. The van der Waals surface area contributed by atoms with Crippen molar-refractivity contribution in [3.63, 3.8) is 0 Å². The summed E-state index contributed by atoms with van der Waals surface area (Å²) in [5.41, 5.74) is 6.55. The van der Waals surface area contributed by atoms with Gasteiger partial charge in [0, 0.05) is 31.7 Å². The molecule has 5 heteroatoms. The molecule has 0 bridgehead atoms. The van der Waals surface area contributed by atoms with Crippen molar-refractivity contribution in [2.24, 2.45) is 5.73 Å². The molecule has 2 rings (SSSR count). The van der Waals surface area contributed by atoms with E-state index in [1.165, 1.54) is 0 Å². The van der Waals surface area contributed by atoms with Gasteiger partial charge in [0.05, 0.1) is 5.69 Å². The van der Waals surface area contributed by atoms with Crippen LogP contribution in [0.2, 0.25) is 0 Å². The number of rotatable bonds is 2. The monoisotopic (exact) mass is 208 g/mol. The second-order valence-electron chi connectivity index (χ2n) is 4.11. The Bertz CT molecular complexity index is 401. The first-order valence-corrected chi connectivity index (χ1v) is 5.18. The predicted octanol–water partition coefficient (Wildman–Crippen LogP) is -0.389. The quantitative estimate of drug-likeness (QED) is 0.694. The zero-order valence-electron chi connectivity index (χ0n) is 8.86. The minimum Gasteiger partial charge on any atom is -0.326 e. The lowest BCUT2D eigenvalue weighted by Crippen LogP contribution is -2.27. The van der Waals surface area contributed by atoms with Crippen molar-refractivity contribution in [3.05, 3.63) is 27.9 Å². The van der Waals surface area contributed by atoms with E-state index in [-0.39, 0.29) is 11.6 Å². The van der Waals surface area contributed by atoms with Crippen LogP contribution in [0.1, 0.15) is 17.9 Å². The van der Waals surface area contributed by atoms with Crippen molar-refractivity contribution in [3.8, 4) is 0 Å². The number of aromatic nitrogens is 2.